The fourth-order valence-corrected chi connectivity index (χ4v) is 3.33. The van der Waals surface area contributed by atoms with Gasteiger partial charge in [-0.3, -0.25) is 19.4 Å². The Morgan fingerprint density at radius 2 is 1.79 bits per heavy atom. The molecule has 4 amide bonds. The Balaban J connectivity index is 1.58. The number of imide groups is 1. The van der Waals surface area contributed by atoms with Gasteiger partial charge in [-0.2, -0.15) is 0 Å². The van der Waals surface area contributed by atoms with E-state index in [1.54, 1.807) is 12.1 Å². The Labute approximate surface area is 141 Å². The van der Waals surface area contributed by atoms with Crippen molar-refractivity contribution in [3.8, 4) is 0 Å². The highest BCUT2D eigenvalue weighted by molar-refractivity contribution is 6.13. The SMILES string of the molecule is CC1CCC(NC(=O)CN2C(=O)CN(c3ccccc3)C2=O)CC1. The molecular formula is C18H23N3O3. The van der Waals surface area contributed by atoms with Gasteiger partial charge in [0.05, 0.1) is 0 Å². The molecule has 1 aliphatic heterocycles. The van der Waals surface area contributed by atoms with Gasteiger partial charge in [-0.25, -0.2) is 4.79 Å². The highest BCUT2D eigenvalue weighted by Crippen LogP contribution is 2.24. The predicted octanol–water partition coefficient (Wildman–Crippen LogP) is 2.15. The second-order valence-corrected chi connectivity index (χ2v) is 6.71. The minimum absolute atomic E-state index is 0.0168. The first-order chi connectivity index (χ1) is 11.5. The van der Waals surface area contributed by atoms with E-state index in [4.69, 9.17) is 0 Å². The number of carbonyl (C=O) groups is 3. The number of anilines is 1. The number of nitrogens with one attached hydrogen (secondary N) is 1. The molecule has 6 nitrogen and oxygen atoms in total. The maximum absolute atomic E-state index is 12.4. The Kier molecular flexibility index (Phi) is 4.83. The molecule has 1 aromatic rings. The van der Waals surface area contributed by atoms with Crippen LogP contribution in [0.15, 0.2) is 30.3 Å². The summed E-state index contributed by atoms with van der Waals surface area (Å²) in [6, 6.07) is 8.75. The summed E-state index contributed by atoms with van der Waals surface area (Å²) in [6.07, 6.45) is 4.14. The quantitative estimate of drug-likeness (QED) is 0.861. The summed E-state index contributed by atoms with van der Waals surface area (Å²) in [5, 5.41) is 2.96. The van der Waals surface area contributed by atoms with Gasteiger partial charge in [0.2, 0.25) is 5.91 Å². The average Bonchev–Trinajstić information content (AvgIpc) is 2.86. The van der Waals surface area contributed by atoms with Crippen LogP contribution < -0.4 is 10.2 Å². The topological polar surface area (TPSA) is 69.7 Å². The third kappa shape index (κ3) is 3.58. The van der Waals surface area contributed by atoms with Crippen molar-refractivity contribution in [2.75, 3.05) is 18.0 Å². The van der Waals surface area contributed by atoms with E-state index in [0.717, 1.165) is 30.6 Å². The van der Waals surface area contributed by atoms with Gasteiger partial charge >= 0.3 is 6.03 Å². The van der Waals surface area contributed by atoms with Crippen LogP contribution in [0.3, 0.4) is 0 Å². The molecule has 0 spiro atoms. The third-order valence-electron chi connectivity index (χ3n) is 4.81. The number of benzene rings is 1. The fraction of sp³-hybridized carbons (Fsp3) is 0.500. The van der Waals surface area contributed by atoms with Gasteiger partial charge < -0.3 is 5.32 Å². The molecule has 1 heterocycles. The highest BCUT2D eigenvalue weighted by atomic mass is 16.2. The van der Waals surface area contributed by atoms with Crippen LogP contribution in [0.4, 0.5) is 10.5 Å². The van der Waals surface area contributed by atoms with Gasteiger partial charge in [-0.15, -0.1) is 0 Å². The molecule has 0 radical (unpaired) electrons. The summed E-state index contributed by atoms with van der Waals surface area (Å²) in [4.78, 5) is 39.2. The van der Waals surface area contributed by atoms with Crippen molar-refractivity contribution in [3.63, 3.8) is 0 Å². The van der Waals surface area contributed by atoms with E-state index in [9.17, 15) is 14.4 Å². The number of para-hydroxylation sites is 1. The predicted molar refractivity (Wildman–Crippen MR) is 90.5 cm³/mol. The second-order valence-electron chi connectivity index (χ2n) is 6.71. The molecule has 1 N–H and O–H groups in total. The van der Waals surface area contributed by atoms with Gasteiger partial charge in [-0.05, 0) is 43.7 Å². The molecule has 24 heavy (non-hydrogen) atoms. The van der Waals surface area contributed by atoms with E-state index in [0.29, 0.717) is 11.6 Å². The number of hydrogen-bond donors (Lipinski definition) is 1. The van der Waals surface area contributed by atoms with E-state index in [-0.39, 0.29) is 30.9 Å². The summed E-state index contributed by atoms with van der Waals surface area (Å²) in [5.41, 5.74) is 0.667. The second kappa shape index (κ2) is 7.03. The lowest BCUT2D eigenvalue weighted by atomic mass is 9.87. The zero-order valence-electron chi connectivity index (χ0n) is 13.9. The van der Waals surface area contributed by atoms with Crippen LogP contribution >= 0.6 is 0 Å². The fourth-order valence-electron chi connectivity index (χ4n) is 3.33. The summed E-state index contributed by atoms with van der Waals surface area (Å²) >= 11 is 0. The molecule has 1 saturated carbocycles. The Morgan fingerprint density at radius 3 is 2.46 bits per heavy atom. The number of urea groups is 1. The minimum Gasteiger partial charge on any atom is -0.352 e. The number of hydrogen-bond acceptors (Lipinski definition) is 3. The van der Waals surface area contributed by atoms with Gasteiger partial charge in [0, 0.05) is 11.7 Å². The number of amides is 4. The van der Waals surface area contributed by atoms with Crippen molar-refractivity contribution in [1.29, 1.82) is 0 Å². The van der Waals surface area contributed by atoms with Crippen LogP contribution in [-0.2, 0) is 9.59 Å². The molecule has 0 unspecified atom stereocenters. The van der Waals surface area contributed by atoms with Crippen molar-refractivity contribution in [2.45, 2.75) is 38.6 Å². The molecule has 1 saturated heterocycles. The maximum atomic E-state index is 12.4. The first kappa shape index (κ1) is 16.5. The van der Waals surface area contributed by atoms with Crippen molar-refractivity contribution in [3.05, 3.63) is 30.3 Å². The molecule has 128 valence electrons. The lowest BCUT2D eigenvalue weighted by molar-refractivity contribution is -0.131. The normalized spacial score (nSPS) is 24.4. The molecule has 2 aliphatic rings. The first-order valence-corrected chi connectivity index (χ1v) is 8.51. The Bertz CT molecular complexity index is 624. The smallest absolute Gasteiger partial charge is 0.332 e. The van der Waals surface area contributed by atoms with E-state index in [1.165, 1.54) is 4.90 Å². The van der Waals surface area contributed by atoms with Crippen molar-refractivity contribution in [2.24, 2.45) is 5.92 Å². The van der Waals surface area contributed by atoms with E-state index in [2.05, 4.69) is 12.2 Å². The van der Waals surface area contributed by atoms with Crippen LogP contribution in [0.1, 0.15) is 32.6 Å². The van der Waals surface area contributed by atoms with Crippen LogP contribution in [0, 0.1) is 5.92 Å². The van der Waals surface area contributed by atoms with Gasteiger partial charge in [0.25, 0.3) is 5.91 Å². The molecule has 3 rings (SSSR count). The molecule has 1 aromatic carbocycles. The first-order valence-electron chi connectivity index (χ1n) is 8.51. The molecule has 2 fully saturated rings. The lowest BCUT2D eigenvalue weighted by Crippen LogP contribution is -2.45. The van der Waals surface area contributed by atoms with Gasteiger partial charge in [0.1, 0.15) is 13.1 Å². The van der Waals surface area contributed by atoms with Crippen LogP contribution in [-0.4, -0.2) is 41.9 Å². The summed E-state index contributed by atoms with van der Waals surface area (Å²) in [7, 11) is 0. The van der Waals surface area contributed by atoms with E-state index < -0.39 is 6.03 Å². The van der Waals surface area contributed by atoms with Gasteiger partial charge in [-0.1, -0.05) is 25.1 Å². The summed E-state index contributed by atoms with van der Waals surface area (Å²) in [5.74, 6) is 0.113. The molecule has 0 bridgehead atoms. The molecule has 1 aliphatic carbocycles. The van der Waals surface area contributed by atoms with E-state index >= 15 is 0 Å². The number of nitrogens with zero attached hydrogens (tertiary/aromatic N) is 2. The van der Waals surface area contributed by atoms with Crippen LogP contribution in [0.2, 0.25) is 0 Å². The van der Waals surface area contributed by atoms with Crippen LogP contribution in [0.5, 0.6) is 0 Å². The highest BCUT2D eigenvalue weighted by Gasteiger charge is 2.38. The molecular weight excluding hydrogens is 306 g/mol. The number of rotatable bonds is 4. The van der Waals surface area contributed by atoms with Crippen molar-refractivity contribution < 1.29 is 14.4 Å². The van der Waals surface area contributed by atoms with Gasteiger partial charge in [0.15, 0.2) is 0 Å². The zero-order valence-corrected chi connectivity index (χ0v) is 13.9. The summed E-state index contributed by atoms with van der Waals surface area (Å²) < 4.78 is 0. The molecule has 0 aromatic heterocycles. The van der Waals surface area contributed by atoms with Crippen molar-refractivity contribution >= 4 is 23.5 Å². The monoisotopic (exact) mass is 329 g/mol. The zero-order chi connectivity index (χ0) is 17.1. The minimum atomic E-state index is -0.432. The Morgan fingerprint density at radius 1 is 1.12 bits per heavy atom. The standard InChI is InChI=1S/C18H23N3O3/c1-13-7-9-14(10-8-13)19-16(22)11-21-17(23)12-20(18(21)24)15-5-3-2-4-6-15/h2-6,13-14H,7-12H2,1H3,(H,19,22). The molecule has 0 atom stereocenters. The third-order valence-corrected chi connectivity index (χ3v) is 4.81. The van der Waals surface area contributed by atoms with Crippen LogP contribution in [0.25, 0.3) is 0 Å². The maximum Gasteiger partial charge on any atom is 0.332 e. The lowest BCUT2D eigenvalue weighted by Gasteiger charge is -2.27. The van der Waals surface area contributed by atoms with Crippen molar-refractivity contribution in [1.82, 2.24) is 10.2 Å². The molecule has 6 heteroatoms. The Hall–Kier alpha value is -2.37. The van der Waals surface area contributed by atoms with E-state index in [1.807, 2.05) is 18.2 Å². The number of carbonyl (C=O) groups excluding carboxylic acids is 3. The largest absolute Gasteiger partial charge is 0.352 e. The summed E-state index contributed by atoms with van der Waals surface area (Å²) in [6.45, 7) is 2.00. The average molecular weight is 329 g/mol.